The maximum Gasteiger partial charge on any atom is 0.310 e. The Bertz CT molecular complexity index is 689. The molecule has 4 nitrogen and oxygen atoms in total. The first-order chi connectivity index (χ1) is 8.22. The van der Waals surface area contributed by atoms with Crippen LogP contribution < -0.4 is 10.6 Å². The third kappa shape index (κ3) is 1.73. The van der Waals surface area contributed by atoms with Crippen molar-refractivity contribution >= 4 is 12.2 Å². The lowest BCUT2D eigenvalue weighted by Gasteiger charge is -1.87. The number of oxazole rings is 1. The summed E-state index contributed by atoms with van der Waals surface area (Å²) in [5, 5.41) is 11.5. The maximum atomic E-state index is 9.48. The molecular formula is C13H10N2O2. The van der Waals surface area contributed by atoms with Crippen molar-refractivity contribution in [2.24, 2.45) is 4.99 Å². The molecule has 2 heterocycles. The maximum absolute atomic E-state index is 9.48. The van der Waals surface area contributed by atoms with E-state index >= 15 is 0 Å². The Labute approximate surface area is 97.3 Å². The van der Waals surface area contributed by atoms with Gasteiger partial charge in [0, 0.05) is 12.1 Å². The van der Waals surface area contributed by atoms with Gasteiger partial charge in [-0.05, 0) is 18.2 Å². The number of para-hydroxylation sites is 1. The molecule has 0 spiro atoms. The number of nitrogens with zero attached hydrogens (tertiary/aromatic N) is 2. The Morgan fingerprint density at radius 1 is 1.29 bits per heavy atom. The van der Waals surface area contributed by atoms with Crippen molar-refractivity contribution in [2.75, 3.05) is 0 Å². The number of aromatic nitrogens is 1. The highest BCUT2D eigenvalue weighted by Gasteiger charge is 2.08. The predicted octanol–water partition coefficient (Wildman–Crippen LogP) is 1.14. The summed E-state index contributed by atoms with van der Waals surface area (Å²) in [5.74, 6) is 0.263. The van der Waals surface area contributed by atoms with E-state index in [1.807, 2.05) is 30.3 Å². The largest absolute Gasteiger partial charge is 0.479 e. The Kier molecular flexibility index (Phi) is 2.08. The van der Waals surface area contributed by atoms with E-state index in [1.165, 1.54) is 0 Å². The second-order valence-electron chi connectivity index (χ2n) is 3.81. The van der Waals surface area contributed by atoms with E-state index in [-0.39, 0.29) is 5.95 Å². The molecule has 0 amide bonds. The van der Waals surface area contributed by atoms with Crippen LogP contribution in [-0.2, 0) is 0 Å². The number of hydrogen-bond donors (Lipinski definition) is 1. The first kappa shape index (κ1) is 9.84. The van der Waals surface area contributed by atoms with Crippen LogP contribution in [0, 0.1) is 6.92 Å². The summed E-state index contributed by atoms with van der Waals surface area (Å²) >= 11 is 0. The third-order valence-electron chi connectivity index (χ3n) is 2.52. The zero-order valence-electron chi connectivity index (χ0n) is 9.21. The fourth-order valence-corrected chi connectivity index (χ4v) is 1.78. The Balaban J connectivity index is 2.09. The predicted molar refractivity (Wildman–Crippen MR) is 62.6 cm³/mol. The van der Waals surface area contributed by atoms with Gasteiger partial charge in [0.05, 0.1) is 11.1 Å². The zero-order chi connectivity index (χ0) is 11.8. The van der Waals surface area contributed by atoms with E-state index in [4.69, 9.17) is 4.42 Å². The number of fused-ring (bicyclic) bond motifs is 1. The van der Waals surface area contributed by atoms with Crippen molar-refractivity contribution in [3.63, 3.8) is 0 Å². The topological polar surface area (TPSA) is 58.6 Å². The molecule has 1 aromatic carbocycles. The van der Waals surface area contributed by atoms with E-state index in [0.29, 0.717) is 11.6 Å². The second kappa shape index (κ2) is 3.59. The number of benzene rings is 1. The van der Waals surface area contributed by atoms with Gasteiger partial charge in [0.2, 0.25) is 0 Å². The lowest BCUT2D eigenvalue weighted by molar-refractivity contribution is 0.322. The summed E-state index contributed by atoms with van der Waals surface area (Å²) in [4.78, 5) is 8.47. The molecule has 0 bridgehead atoms. The first-order valence-electron chi connectivity index (χ1n) is 5.26. The molecule has 0 fully saturated rings. The van der Waals surface area contributed by atoms with Gasteiger partial charge in [-0.1, -0.05) is 18.2 Å². The SMILES string of the molecule is Cc1nc(C=C2C=c3ccccc3=N2)c(O)o1. The summed E-state index contributed by atoms with van der Waals surface area (Å²) < 4.78 is 4.95. The number of allylic oxidation sites excluding steroid dienone is 1. The Morgan fingerprint density at radius 2 is 2.12 bits per heavy atom. The molecule has 0 unspecified atom stereocenters. The molecule has 0 saturated heterocycles. The minimum absolute atomic E-state index is 0.172. The molecular weight excluding hydrogens is 216 g/mol. The van der Waals surface area contributed by atoms with Crippen LogP contribution in [0.2, 0.25) is 0 Å². The summed E-state index contributed by atoms with van der Waals surface area (Å²) in [7, 11) is 0. The molecule has 17 heavy (non-hydrogen) atoms. The smallest absolute Gasteiger partial charge is 0.310 e. The van der Waals surface area contributed by atoms with Gasteiger partial charge in [-0.3, -0.25) is 0 Å². The monoisotopic (exact) mass is 226 g/mol. The van der Waals surface area contributed by atoms with Crippen LogP contribution in [0.1, 0.15) is 11.6 Å². The van der Waals surface area contributed by atoms with Crippen LogP contribution in [0.4, 0.5) is 0 Å². The second-order valence-corrected chi connectivity index (χ2v) is 3.81. The van der Waals surface area contributed by atoms with Gasteiger partial charge in [-0.25, -0.2) is 9.98 Å². The highest BCUT2D eigenvalue weighted by Crippen LogP contribution is 2.21. The van der Waals surface area contributed by atoms with Crippen molar-refractivity contribution in [3.8, 4) is 5.95 Å². The van der Waals surface area contributed by atoms with Gasteiger partial charge < -0.3 is 9.52 Å². The molecule has 0 aliphatic carbocycles. The molecule has 84 valence electrons. The fraction of sp³-hybridized carbons (Fsp3) is 0.0769. The molecule has 0 saturated carbocycles. The highest BCUT2D eigenvalue weighted by molar-refractivity contribution is 5.65. The van der Waals surface area contributed by atoms with E-state index in [1.54, 1.807) is 13.0 Å². The summed E-state index contributed by atoms with van der Waals surface area (Å²) in [5.41, 5.74) is 1.17. The molecule has 3 rings (SSSR count). The third-order valence-corrected chi connectivity index (χ3v) is 2.52. The molecule has 0 atom stereocenters. The molecule has 1 N–H and O–H groups in total. The molecule has 2 aromatic rings. The lowest BCUT2D eigenvalue weighted by Crippen LogP contribution is -2.19. The van der Waals surface area contributed by atoms with Gasteiger partial charge in [0.15, 0.2) is 5.89 Å². The minimum Gasteiger partial charge on any atom is -0.479 e. The fourth-order valence-electron chi connectivity index (χ4n) is 1.78. The summed E-state index contributed by atoms with van der Waals surface area (Å²) in [6, 6.07) is 7.84. The van der Waals surface area contributed by atoms with E-state index < -0.39 is 0 Å². The van der Waals surface area contributed by atoms with Gasteiger partial charge in [-0.15, -0.1) is 0 Å². The Hall–Kier alpha value is -2.36. The van der Waals surface area contributed by atoms with Crippen molar-refractivity contribution in [3.05, 3.63) is 52.1 Å². The zero-order valence-corrected chi connectivity index (χ0v) is 9.21. The first-order valence-corrected chi connectivity index (χ1v) is 5.26. The molecule has 1 aromatic heterocycles. The number of hydrogen-bond acceptors (Lipinski definition) is 4. The standard InChI is InChI=1S/C13H10N2O2/c1-8-14-12(13(16)17-8)7-10-6-9-4-2-3-5-11(9)15-10/h2-7,16H,1H3. The van der Waals surface area contributed by atoms with Crippen LogP contribution in [0.15, 0.2) is 39.4 Å². The van der Waals surface area contributed by atoms with Gasteiger partial charge >= 0.3 is 5.95 Å². The van der Waals surface area contributed by atoms with Gasteiger partial charge in [0.25, 0.3) is 0 Å². The average Bonchev–Trinajstić information content (AvgIpc) is 2.82. The number of rotatable bonds is 1. The lowest BCUT2D eigenvalue weighted by atomic mass is 10.2. The number of aromatic hydroxyl groups is 1. The van der Waals surface area contributed by atoms with Crippen molar-refractivity contribution in [1.29, 1.82) is 0 Å². The molecule has 1 aliphatic heterocycles. The molecule has 1 aliphatic rings. The van der Waals surface area contributed by atoms with E-state index in [0.717, 1.165) is 16.3 Å². The van der Waals surface area contributed by atoms with Crippen LogP contribution in [0.3, 0.4) is 0 Å². The van der Waals surface area contributed by atoms with Crippen molar-refractivity contribution < 1.29 is 9.52 Å². The summed E-state index contributed by atoms with van der Waals surface area (Å²) in [6.07, 6.45) is 3.64. The molecule has 4 heteroatoms. The van der Waals surface area contributed by atoms with Crippen molar-refractivity contribution in [1.82, 2.24) is 4.98 Å². The quantitative estimate of drug-likeness (QED) is 0.793. The molecule has 0 radical (unpaired) electrons. The highest BCUT2D eigenvalue weighted by atomic mass is 16.5. The van der Waals surface area contributed by atoms with Crippen LogP contribution in [-0.4, -0.2) is 10.1 Å². The van der Waals surface area contributed by atoms with Crippen LogP contribution >= 0.6 is 0 Å². The number of aryl methyl sites for hydroxylation is 1. The van der Waals surface area contributed by atoms with Crippen LogP contribution in [0.5, 0.6) is 5.95 Å². The summed E-state index contributed by atoms with van der Waals surface area (Å²) in [6.45, 7) is 1.69. The van der Waals surface area contributed by atoms with E-state index in [9.17, 15) is 5.11 Å². The van der Waals surface area contributed by atoms with Gasteiger partial charge in [0.1, 0.15) is 5.69 Å². The average molecular weight is 226 g/mol. The van der Waals surface area contributed by atoms with Crippen LogP contribution in [0.25, 0.3) is 12.2 Å². The normalized spacial score (nSPS) is 15.5. The minimum atomic E-state index is -0.172. The van der Waals surface area contributed by atoms with Gasteiger partial charge in [-0.2, -0.15) is 0 Å². The van der Waals surface area contributed by atoms with E-state index in [2.05, 4.69) is 9.98 Å². The van der Waals surface area contributed by atoms with Crippen molar-refractivity contribution in [2.45, 2.75) is 6.92 Å². The Morgan fingerprint density at radius 3 is 2.82 bits per heavy atom.